The Morgan fingerprint density at radius 2 is 1.75 bits per heavy atom. The molecule has 5 aliphatic heterocycles. The molecule has 2 amide bonds. The average Bonchev–Trinajstić information content (AvgIpc) is 3.56. The molecule has 0 radical (unpaired) electrons. The number of benzene rings is 3. The lowest BCUT2D eigenvalue weighted by atomic mass is 9.73. The van der Waals surface area contributed by atoms with Gasteiger partial charge in [0.25, 0.3) is 5.92 Å². The van der Waals surface area contributed by atoms with E-state index in [0.29, 0.717) is 75.3 Å². The van der Waals surface area contributed by atoms with Gasteiger partial charge in [-0.1, -0.05) is 6.07 Å². The Kier molecular flexibility index (Phi) is 8.59. The SMILES string of the molecule is O=C(CN1C(=O)C2(CCN(c3ccc4c(c3)N3CC(F)(F)C[C@H]3CN4)CC2)c2cc(F)ccc21)N[C@@H](Cc1ccc(F)c(F)c1)C1CCOCC1. The average molecular weight is 710 g/mol. The van der Waals surface area contributed by atoms with Gasteiger partial charge in [0.2, 0.25) is 11.8 Å². The van der Waals surface area contributed by atoms with Gasteiger partial charge in [0, 0.05) is 56.7 Å². The fourth-order valence-corrected chi connectivity index (χ4v) is 8.86. The van der Waals surface area contributed by atoms with Crippen molar-refractivity contribution in [3.63, 3.8) is 0 Å². The molecular formula is C38H40F5N5O3. The largest absolute Gasteiger partial charge is 0.381 e. The number of alkyl halides is 2. The lowest BCUT2D eigenvalue weighted by Crippen LogP contribution is -2.52. The van der Waals surface area contributed by atoms with E-state index >= 15 is 0 Å². The van der Waals surface area contributed by atoms with Crippen molar-refractivity contribution in [3.05, 3.63) is 83.2 Å². The van der Waals surface area contributed by atoms with E-state index in [2.05, 4.69) is 15.5 Å². The number of nitrogens with zero attached hydrogens (tertiary/aromatic N) is 3. The first-order chi connectivity index (χ1) is 24.5. The zero-order chi connectivity index (χ0) is 35.5. The third kappa shape index (κ3) is 6.27. The van der Waals surface area contributed by atoms with E-state index in [9.17, 15) is 31.5 Å². The number of hydrogen-bond acceptors (Lipinski definition) is 6. The van der Waals surface area contributed by atoms with Gasteiger partial charge >= 0.3 is 0 Å². The number of piperidine rings is 1. The first-order valence-corrected chi connectivity index (χ1v) is 17.7. The molecule has 51 heavy (non-hydrogen) atoms. The van der Waals surface area contributed by atoms with Gasteiger partial charge in [-0.25, -0.2) is 22.0 Å². The summed E-state index contributed by atoms with van der Waals surface area (Å²) in [6, 6.07) is 13.1. The van der Waals surface area contributed by atoms with Gasteiger partial charge in [0.15, 0.2) is 11.6 Å². The number of fused-ring (bicyclic) bond motifs is 5. The molecule has 2 N–H and O–H groups in total. The molecule has 8 rings (SSSR count). The normalized spacial score (nSPS) is 22.7. The standard InChI is InChI=1S/C38H40F5N5O3/c39-25-2-6-33-28(17-25)37(9-11-46(12-10-37)26-3-5-31-34(18-26)48-22-38(42,43)19-27(48)20-44-31)36(50)47(33)21-35(49)45-32(24-7-13-51-14-8-24)16-23-1-4-29(40)30(41)15-23/h1-6,15,17-18,24,27,32,44H,7-14,16,19-22H2,(H,45,49)/t27-,32-/m0/s1. The summed E-state index contributed by atoms with van der Waals surface area (Å²) >= 11 is 0. The lowest BCUT2D eigenvalue weighted by Gasteiger charge is -2.40. The summed E-state index contributed by atoms with van der Waals surface area (Å²) in [5, 5.41) is 6.37. The molecule has 0 aromatic heterocycles. The second kappa shape index (κ2) is 13.0. The van der Waals surface area contributed by atoms with Crippen molar-refractivity contribution < 1.29 is 36.3 Å². The van der Waals surface area contributed by atoms with Crippen molar-refractivity contribution in [3.8, 4) is 0 Å². The topological polar surface area (TPSA) is 77.2 Å². The van der Waals surface area contributed by atoms with Crippen LogP contribution in [-0.4, -0.2) is 75.8 Å². The van der Waals surface area contributed by atoms with Crippen LogP contribution in [0.5, 0.6) is 0 Å². The zero-order valence-corrected chi connectivity index (χ0v) is 28.1. The Balaban J connectivity index is 0.994. The molecule has 3 saturated heterocycles. The summed E-state index contributed by atoms with van der Waals surface area (Å²) in [6.45, 7) is 1.84. The Morgan fingerprint density at radius 3 is 2.51 bits per heavy atom. The van der Waals surface area contributed by atoms with E-state index in [4.69, 9.17) is 4.74 Å². The summed E-state index contributed by atoms with van der Waals surface area (Å²) in [5.41, 5.74) is 2.98. The summed E-state index contributed by atoms with van der Waals surface area (Å²) in [6.07, 6.45) is 2.22. The van der Waals surface area contributed by atoms with Crippen LogP contribution in [0.2, 0.25) is 0 Å². The molecular weight excluding hydrogens is 669 g/mol. The van der Waals surface area contributed by atoms with Gasteiger partial charge in [-0.2, -0.15) is 0 Å². The van der Waals surface area contributed by atoms with Gasteiger partial charge in [0.05, 0.1) is 29.4 Å². The Bertz CT molecular complexity index is 1840. The minimum atomic E-state index is -2.75. The summed E-state index contributed by atoms with van der Waals surface area (Å²) in [7, 11) is 0. The highest BCUT2D eigenvalue weighted by atomic mass is 19.3. The van der Waals surface area contributed by atoms with E-state index in [1.165, 1.54) is 23.1 Å². The zero-order valence-electron chi connectivity index (χ0n) is 28.1. The van der Waals surface area contributed by atoms with Crippen molar-refractivity contribution in [2.75, 3.05) is 66.0 Å². The highest BCUT2D eigenvalue weighted by Crippen LogP contribution is 2.49. The highest BCUT2D eigenvalue weighted by Gasteiger charge is 2.53. The van der Waals surface area contributed by atoms with Gasteiger partial charge in [-0.3, -0.25) is 9.59 Å². The molecule has 0 bridgehead atoms. The van der Waals surface area contributed by atoms with Crippen LogP contribution in [0, 0.1) is 23.4 Å². The number of carbonyl (C=O) groups excluding carboxylic acids is 2. The molecule has 0 aliphatic carbocycles. The van der Waals surface area contributed by atoms with E-state index in [1.54, 1.807) is 11.0 Å². The number of rotatable bonds is 7. The molecule has 8 nitrogen and oxygen atoms in total. The second-order valence-corrected chi connectivity index (χ2v) is 14.6. The Labute approximate surface area is 292 Å². The van der Waals surface area contributed by atoms with E-state index in [0.717, 1.165) is 29.2 Å². The predicted molar refractivity (Wildman–Crippen MR) is 183 cm³/mol. The number of carbonyl (C=O) groups is 2. The van der Waals surface area contributed by atoms with Crippen LogP contribution >= 0.6 is 0 Å². The first kappa shape index (κ1) is 33.7. The summed E-state index contributed by atoms with van der Waals surface area (Å²) < 4.78 is 76.7. The van der Waals surface area contributed by atoms with Crippen molar-refractivity contribution in [2.24, 2.45) is 5.92 Å². The Hall–Kier alpha value is -4.39. The van der Waals surface area contributed by atoms with Crippen molar-refractivity contribution >= 4 is 34.6 Å². The summed E-state index contributed by atoms with van der Waals surface area (Å²) in [5.74, 6) is -5.75. The van der Waals surface area contributed by atoms with Crippen molar-refractivity contribution in [2.45, 2.75) is 61.9 Å². The third-order valence-electron chi connectivity index (χ3n) is 11.5. The predicted octanol–water partition coefficient (Wildman–Crippen LogP) is 5.78. The number of halogens is 5. The fraction of sp³-hybridized carbons (Fsp3) is 0.474. The van der Waals surface area contributed by atoms with Gasteiger partial charge in [0.1, 0.15) is 12.4 Å². The maximum atomic E-state index is 14.8. The Morgan fingerprint density at radius 1 is 0.961 bits per heavy atom. The van der Waals surface area contributed by atoms with Crippen LogP contribution in [-0.2, 0) is 26.2 Å². The third-order valence-corrected chi connectivity index (χ3v) is 11.5. The molecule has 2 atom stereocenters. The maximum absolute atomic E-state index is 14.8. The number of amides is 2. The first-order valence-electron chi connectivity index (χ1n) is 17.7. The molecule has 3 aromatic rings. The molecule has 13 heteroatoms. The number of ether oxygens (including phenoxy) is 1. The van der Waals surface area contributed by atoms with Crippen molar-refractivity contribution in [1.29, 1.82) is 0 Å². The molecule has 3 fully saturated rings. The van der Waals surface area contributed by atoms with Gasteiger partial charge < -0.3 is 30.1 Å². The smallest absolute Gasteiger partial charge is 0.267 e. The van der Waals surface area contributed by atoms with Crippen LogP contribution in [0.1, 0.15) is 43.2 Å². The van der Waals surface area contributed by atoms with Gasteiger partial charge in [-0.05, 0) is 97.7 Å². The molecule has 270 valence electrons. The molecule has 3 aromatic carbocycles. The van der Waals surface area contributed by atoms with Crippen LogP contribution < -0.4 is 25.3 Å². The molecule has 0 saturated carbocycles. The minimum absolute atomic E-state index is 0.0364. The van der Waals surface area contributed by atoms with E-state index in [1.807, 2.05) is 18.2 Å². The maximum Gasteiger partial charge on any atom is 0.267 e. The highest BCUT2D eigenvalue weighted by molar-refractivity contribution is 6.11. The summed E-state index contributed by atoms with van der Waals surface area (Å²) in [4.78, 5) is 33.5. The quantitative estimate of drug-likeness (QED) is 0.303. The number of nitrogens with one attached hydrogen (secondary N) is 2. The van der Waals surface area contributed by atoms with E-state index < -0.39 is 40.7 Å². The minimum Gasteiger partial charge on any atom is -0.381 e. The van der Waals surface area contributed by atoms with Crippen molar-refractivity contribution in [1.82, 2.24) is 5.32 Å². The molecule has 5 heterocycles. The van der Waals surface area contributed by atoms with Crippen LogP contribution in [0.25, 0.3) is 0 Å². The van der Waals surface area contributed by atoms with Crippen LogP contribution in [0.15, 0.2) is 54.6 Å². The second-order valence-electron chi connectivity index (χ2n) is 14.6. The molecule has 1 spiro atoms. The van der Waals surface area contributed by atoms with E-state index in [-0.39, 0.29) is 43.8 Å². The van der Waals surface area contributed by atoms with Gasteiger partial charge in [-0.15, -0.1) is 0 Å². The fourth-order valence-electron chi connectivity index (χ4n) is 8.86. The van der Waals surface area contributed by atoms with Crippen LogP contribution in [0.3, 0.4) is 0 Å². The monoisotopic (exact) mass is 709 g/mol. The van der Waals surface area contributed by atoms with Crippen LogP contribution in [0.4, 0.5) is 44.7 Å². The number of anilines is 4. The molecule has 5 aliphatic rings. The number of hydrogen-bond donors (Lipinski definition) is 2. The lowest BCUT2D eigenvalue weighted by molar-refractivity contribution is -0.127. The molecule has 0 unspecified atom stereocenters.